The van der Waals surface area contributed by atoms with E-state index in [9.17, 15) is 8.42 Å². The first-order valence-corrected chi connectivity index (χ1v) is 8.60. The van der Waals surface area contributed by atoms with Gasteiger partial charge in [-0.05, 0) is 48.9 Å². The smallest absolute Gasteiger partial charge is 0.211 e. The molecule has 0 heterocycles. The van der Waals surface area contributed by atoms with Crippen LogP contribution in [0.2, 0.25) is 0 Å². The average molecular weight is 299 g/mol. The molecule has 5 heteroatoms. The van der Waals surface area contributed by atoms with Crippen molar-refractivity contribution in [3.8, 4) is 5.75 Å². The van der Waals surface area contributed by atoms with E-state index in [4.69, 9.17) is 4.74 Å². The van der Waals surface area contributed by atoms with Gasteiger partial charge in [0, 0.05) is 6.54 Å². The number of nitrogens with one attached hydrogen (secondary N) is 1. The van der Waals surface area contributed by atoms with Crippen molar-refractivity contribution in [1.82, 2.24) is 4.72 Å². The lowest BCUT2D eigenvalue weighted by Crippen LogP contribution is -2.27. The summed E-state index contributed by atoms with van der Waals surface area (Å²) >= 11 is 0. The van der Waals surface area contributed by atoms with Crippen LogP contribution in [0.15, 0.2) is 12.1 Å². The first-order valence-electron chi connectivity index (χ1n) is 6.95. The van der Waals surface area contributed by atoms with Crippen LogP contribution in [0.1, 0.15) is 43.4 Å². The van der Waals surface area contributed by atoms with Gasteiger partial charge in [0.15, 0.2) is 0 Å². The third kappa shape index (κ3) is 4.49. The Balaban J connectivity index is 2.88. The van der Waals surface area contributed by atoms with Crippen LogP contribution in [0.4, 0.5) is 0 Å². The van der Waals surface area contributed by atoms with Crippen molar-refractivity contribution >= 4 is 10.0 Å². The Hall–Kier alpha value is -1.07. The second-order valence-corrected chi connectivity index (χ2v) is 7.32. The van der Waals surface area contributed by atoms with E-state index in [-0.39, 0.29) is 5.75 Å². The van der Waals surface area contributed by atoms with Gasteiger partial charge in [-0.3, -0.25) is 0 Å². The van der Waals surface area contributed by atoms with Crippen LogP contribution in [0.3, 0.4) is 0 Å². The molecule has 20 heavy (non-hydrogen) atoms. The minimum atomic E-state index is -3.12. The van der Waals surface area contributed by atoms with Gasteiger partial charge in [0.1, 0.15) is 5.75 Å². The Kier molecular flexibility index (Phi) is 6.02. The van der Waals surface area contributed by atoms with Crippen LogP contribution >= 0.6 is 0 Å². The van der Waals surface area contributed by atoms with Crippen molar-refractivity contribution in [2.45, 2.75) is 40.0 Å². The quantitative estimate of drug-likeness (QED) is 0.842. The van der Waals surface area contributed by atoms with Gasteiger partial charge in [0.2, 0.25) is 10.0 Å². The Labute approximate surface area is 122 Å². The molecule has 0 unspecified atom stereocenters. The fourth-order valence-electron chi connectivity index (χ4n) is 2.09. The molecule has 0 saturated carbocycles. The highest BCUT2D eigenvalue weighted by molar-refractivity contribution is 7.89. The predicted octanol–water partition coefficient (Wildman–Crippen LogP) is 2.61. The van der Waals surface area contributed by atoms with Crippen molar-refractivity contribution in [2.24, 2.45) is 0 Å². The van der Waals surface area contributed by atoms with E-state index in [0.717, 1.165) is 22.4 Å². The molecule has 0 bridgehead atoms. The lowest BCUT2D eigenvalue weighted by Gasteiger charge is -2.16. The molecule has 0 radical (unpaired) electrons. The van der Waals surface area contributed by atoms with Crippen LogP contribution in [0.25, 0.3) is 0 Å². The minimum absolute atomic E-state index is 0.117. The lowest BCUT2D eigenvalue weighted by atomic mass is 9.95. The topological polar surface area (TPSA) is 55.4 Å². The van der Waals surface area contributed by atoms with Gasteiger partial charge < -0.3 is 4.74 Å². The maximum Gasteiger partial charge on any atom is 0.211 e. The SMILES string of the molecule is CCS(=O)(=O)NCCc1cc(C(C)C)c(OC)cc1C. The molecule has 1 aromatic rings. The van der Waals surface area contributed by atoms with Crippen molar-refractivity contribution in [2.75, 3.05) is 19.4 Å². The Morgan fingerprint density at radius 2 is 1.95 bits per heavy atom. The zero-order valence-electron chi connectivity index (χ0n) is 13.0. The molecule has 0 aliphatic rings. The van der Waals surface area contributed by atoms with Crippen molar-refractivity contribution in [3.05, 3.63) is 28.8 Å². The standard InChI is InChI=1S/C15H25NO3S/c1-6-20(17,18)16-8-7-13-10-14(11(2)3)15(19-5)9-12(13)4/h9-11,16H,6-8H2,1-5H3. The highest BCUT2D eigenvalue weighted by atomic mass is 32.2. The molecule has 0 amide bonds. The minimum Gasteiger partial charge on any atom is -0.496 e. The molecule has 1 N–H and O–H groups in total. The number of methoxy groups -OCH3 is 1. The highest BCUT2D eigenvalue weighted by Crippen LogP contribution is 2.29. The molecule has 0 aromatic heterocycles. The van der Waals surface area contributed by atoms with Gasteiger partial charge in [-0.15, -0.1) is 0 Å². The summed E-state index contributed by atoms with van der Waals surface area (Å²) in [5.41, 5.74) is 3.45. The third-order valence-electron chi connectivity index (χ3n) is 3.41. The number of hydrogen-bond donors (Lipinski definition) is 1. The molecule has 114 valence electrons. The van der Waals surface area contributed by atoms with Gasteiger partial charge >= 0.3 is 0 Å². The number of benzene rings is 1. The van der Waals surface area contributed by atoms with E-state index in [0.29, 0.717) is 18.9 Å². The number of ether oxygens (including phenoxy) is 1. The van der Waals surface area contributed by atoms with Crippen molar-refractivity contribution in [3.63, 3.8) is 0 Å². The third-order valence-corrected chi connectivity index (χ3v) is 4.81. The summed E-state index contributed by atoms with van der Waals surface area (Å²) in [6, 6.07) is 4.15. The molecule has 0 spiro atoms. The molecule has 0 saturated heterocycles. The van der Waals surface area contributed by atoms with E-state index in [1.807, 2.05) is 13.0 Å². The fraction of sp³-hybridized carbons (Fsp3) is 0.600. The van der Waals surface area contributed by atoms with Crippen LogP contribution in [-0.4, -0.2) is 27.8 Å². The summed E-state index contributed by atoms with van der Waals surface area (Å²) < 4.78 is 30.8. The Morgan fingerprint density at radius 1 is 1.30 bits per heavy atom. The highest BCUT2D eigenvalue weighted by Gasteiger charge is 2.12. The molecule has 4 nitrogen and oxygen atoms in total. The first kappa shape index (κ1) is 17.0. The lowest BCUT2D eigenvalue weighted by molar-refractivity contribution is 0.407. The normalized spacial score (nSPS) is 11.9. The summed E-state index contributed by atoms with van der Waals surface area (Å²) in [6.45, 7) is 8.34. The summed E-state index contributed by atoms with van der Waals surface area (Å²) in [5.74, 6) is 1.39. The molecule has 0 fully saturated rings. The largest absolute Gasteiger partial charge is 0.496 e. The zero-order valence-corrected chi connectivity index (χ0v) is 13.8. The molecule has 1 rings (SSSR count). The number of rotatable bonds is 7. The average Bonchev–Trinajstić information content (AvgIpc) is 2.39. The van der Waals surface area contributed by atoms with Gasteiger partial charge in [0.25, 0.3) is 0 Å². The van der Waals surface area contributed by atoms with Gasteiger partial charge in [-0.25, -0.2) is 13.1 Å². The van der Waals surface area contributed by atoms with Crippen molar-refractivity contribution < 1.29 is 13.2 Å². The van der Waals surface area contributed by atoms with Crippen LogP contribution in [0, 0.1) is 6.92 Å². The van der Waals surface area contributed by atoms with Crippen LogP contribution in [-0.2, 0) is 16.4 Å². The summed E-state index contributed by atoms with van der Waals surface area (Å²) in [4.78, 5) is 0. The first-order chi connectivity index (χ1) is 9.30. The van der Waals surface area contributed by atoms with Gasteiger partial charge in [-0.1, -0.05) is 19.9 Å². The predicted molar refractivity (Wildman–Crippen MR) is 83.0 cm³/mol. The van der Waals surface area contributed by atoms with Crippen LogP contribution < -0.4 is 9.46 Å². The van der Waals surface area contributed by atoms with E-state index < -0.39 is 10.0 Å². The molecule has 0 aliphatic heterocycles. The Morgan fingerprint density at radius 3 is 2.45 bits per heavy atom. The molecular formula is C15H25NO3S. The van der Waals surface area contributed by atoms with Gasteiger partial charge in [-0.2, -0.15) is 0 Å². The maximum absolute atomic E-state index is 11.4. The number of aryl methyl sites for hydroxylation is 1. The molecule has 0 aliphatic carbocycles. The zero-order chi connectivity index (χ0) is 15.3. The fourth-order valence-corrected chi connectivity index (χ4v) is 2.70. The van der Waals surface area contributed by atoms with Crippen LogP contribution in [0.5, 0.6) is 5.75 Å². The van der Waals surface area contributed by atoms with E-state index in [2.05, 4.69) is 24.6 Å². The second-order valence-electron chi connectivity index (χ2n) is 5.22. The molecule has 0 atom stereocenters. The summed E-state index contributed by atoms with van der Waals surface area (Å²) in [6.07, 6.45) is 0.689. The molecular weight excluding hydrogens is 274 g/mol. The monoisotopic (exact) mass is 299 g/mol. The van der Waals surface area contributed by atoms with E-state index >= 15 is 0 Å². The van der Waals surface area contributed by atoms with E-state index in [1.165, 1.54) is 0 Å². The van der Waals surface area contributed by atoms with Crippen molar-refractivity contribution in [1.29, 1.82) is 0 Å². The summed E-state index contributed by atoms with van der Waals surface area (Å²) in [5, 5.41) is 0. The molecule has 1 aromatic carbocycles. The Bertz CT molecular complexity index is 550. The second kappa shape index (κ2) is 7.09. The number of hydrogen-bond acceptors (Lipinski definition) is 3. The van der Waals surface area contributed by atoms with Gasteiger partial charge in [0.05, 0.1) is 12.9 Å². The van der Waals surface area contributed by atoms with E-state index in [1.54, 1.807) is 14.0 Å². The maximum atomic E-state index is 11.4. The summed E-state index contributed by atoms with van der Waals surface area (Å²) in [7, 11) is -1.44. The number of sulfonamides is 1.